The molecule has 1 amide bonds. The number of anilines is 1. The molecule has 26 heavy (non-hydrogen) atoms. The number of amides is 1. The quantitative estimate of drug-likeness (QED) is 0.848. The van der Waals surface area contributed by atoms with Gasteiger partial charge in [-0.3, -0.25) is 9.78 Å². The van der Waals surface area contributed by atoms with Gasteiger partial charge in [-0.2, -0.15) is 0 Å². The molecule has 2 aromatic rings. The number of carbonyl (C=O) groups excluding carboxylic acids is 1. The fraction of sp³-hybridized carbons (Fsp3) is 0.400. The second kappa shape index (κ2) is 7.23. The molecule has 136 valence electrons. The molecule has 6 heteroatoms. The van der Waals surface area contributed by atoms with Gasteiger partial charge in [-0.05, 0) is 43.2 Å². The number of ether oxygens (including phenoxy) is 2. The van der Waals surface area contributed by atoms with Crippen LogP contribution in [0.4, 0.5) is 5.69 Å². The summed E-state index contributed by atoms with van der Waals surface area (Å²) in [6, 6.07) is 9.86. The molecule has 1 aromatic carbocycles. The molecule has 3 heterocycles. The molecular formula is C20H23N3O3. The molecular weight excluding hydrogens is 330 g/mol. The summed E-state index contributed by atoms with van der Waals surface area (Å²) >= 11 is 0. The molecule has 1 fully saturated rings. The zero-order valence-electron chi connectivity index (χ0n) is 15.0. The molecule has 1 aromatic heterocycles. The highest BCUT2D eigenvalue weighted by Crippen LogP contribution is 2.32. The maximum absolute atomic E-state index is 12.7. The van der Waals surface area contributed by atoms with Crippen molar-refractivity contribution in [1.82, 2.24) is 9.88 Å². The van der Waals surface area contributed by atoms with E-state index in [9.17, 15) is 4.79 Å². The summed E-state index contributed by atoms with van der Waals surface area (Å²) < 4.78 is 10.7. The Morgan fingerprint density at radius 3 is 2.85 bits per heavy atom. The number of hydrogen-bond donors (Lipinski definition) is 0. The molecule has 0 unspecified atom stereocenters. The van der Waals surface area contributed by atoms with Crippen LogP contribution in [0.15, 0.2) is 36.5 Å². The summed E-state index contributed by atoms with van der Waals surface area (Å²) in [6.07, 6.45) is 3.21. The van der Waals surface area contributed by atoms with Crippen LogP contribution in [0.2, 0.25) is 0 Å². The monoisotopic (exact) mass is 353 g/mol. The Bertz CT molecular complexity index is 809. The van der Waals surface area contributed by atoms with Gasteiger partial charge in [0.1, 0.15) is 0 Å². The third kappa shape index (κ3) is 3.59. The molecule has 0 saturated carbocycles. The van der Waals surface area contributed by atoms with Crippen molar-refractivity contribution in [2.45, 2.75) is 19.8 Å². The van der Waals surface area contributed by atoms with E-state index in [0.717, 1.165) is 55.4 Å². The highest BCUT2D eigenvalue weighted by Gasteiger charge is 2.21. The van der Waals surface area contributed by atoms with Crippen molar-refractivity contribution in [2.24, 2.45) is 0 Å². The van der Waals surface area contributed by atoms with E-state index >= 15 is 0 Å². The molecule has 2 aliphatic heterocycles. The van der Waals surface area contributed by atoms with Crippen molar-refractivity contribution in [3.8, 4) is 11.5 Å². The third-order valence-electron chi connectivity index (χ3n) is 4.89. The van der Waals surface area contributed by atoms with Gasteiger partial charge in [0, 0.05) is 43.8 Å². The summed E-state index contributed by atoms with van der Waals surface area (Å²) in [5, 5.41) is 0. The molecule has 0 aliphatic carbocycles. The topological polar surface area (TPSA) is 54.9 Å². The minimum Gasteiger partial charge on any atom is -0.454 e. The van der Waals surface area contributed by atoms with Crippen LogP contribution in [0.3, 0.4) is 0 Å². The van der Waals surface area contributed by atoms with E-state index in [1.165, 1.54) is 5.69 Å². The predicted octanol–water partition coefficient (Wildman–Crippen LogP) is 2.40. The molecule has 2 aliphatic rings. The van der Waals surface area contributed by atoms with Gasteiger partial charge in [0.2, 0.25) is 12.7 Å². The zero-order valence-corrected chi connectivity index (χ0v) is 15.0. The lowest BCUT2D eigenvalue weighted by atomic mass is 10.1. The first kappa shape index (κ1) is 16.7. The van der Waals surface area contributed by atoms with Crippen LogP contribution in [0.25, 0.3) is 0 Å². The number of nitrogens with zero attached hydrogens (tertiary/aromatic N) is 3. The van der Waals surface area contributed by atoms with Crippen LogP contribution in [0.5, 0.6) is 11.5 Å². The average molecular weight is 353 g/mol. The summed E-state index contributed by atoms with van der Waals surface area (Å²) in [5.74, 6) is 1.64. The first-order valence-electron chi connectivity index (χ1n) is 9.03. The van der Waals surface area contributed by atoms with Crippen molar-refractivity contribution in [3.63, 3.8) is 0 Å². The Labute approximate surface area is 153 Å². The van der Waals surface area contributed by atoms with Gasteiger partial charge in [0.15, 0.2) is 11.5 Å². The maximum Gasteiger partial charge on any atom is 0.231 e. The number of pyridine rings is 1. The first-order chi connectivity index (χ1) is 12.7. The van der Waals surface area contributed by atoms with Gasteiger partial charge >= 0.3 is 0 Å². The van der Waals surface area contributed by atoms with Crippen molar-refractivity contribution < 1.29 is 14.3 Å². The van der Waals surface area contributed by atoms with Gasteiger partial charge in [0.25, 0.3) is 0 Å². The van der Waals surface area contributed by atoms with Crippen molar-refractivity contribution >= 4 is 11.6 Å². The van der Waals surface area contributed by atoms with E-state index in [4.69, 9.17) is 9.47 Å². The maximum atomic E-state index is 12.7. The first-order valence-corrected chi connectivity index (χ1v) is 9.03. The van der Waals surface area contributed by atoms with Gasteiger partial charge in [-0.25, -0.2) is 0 Å². The Kier molecular flexibility index (Phi) is 4.65. The standard InChI is InChI=1S/C20H23N3O3/c1-15-11-17(5-6-21-15)22-7-2-8-23(10-9-22)20(24)13-16-3-4-18-19(12-16)26-14-25-18/h3-6,11-12H,2,7-10,13-14H2,1H3. The predicted molar refractivity (Wildman–Crippen MR) is 98.7 cm³/mol. The average Bonchev–Trinajstić information content (AvgIpc) is 2.96. The van der Waals surface area contributed by atoms with Gasteiger partial charge in [0.05, 0.1) is 6.42 Å². The van der Waals surface area contributed by atoms with E-state index in [1.807, 2.05) is 42.3 Å². The summed E-state index contributed by atoms with van der Waals surface area (Å²) in [5.41, 5.74) is 3.16. The molecule has 0 bridgehead atoms. The highest BCUT2D eigenvalue weighted by atomic mass is 16.7. The number of aryl methyl sites for hydroxylation is 1. The Hall–Kier alpha value is -2.76. The number of fused-ring (bicyclic) bond motifs is 1. The van der Waals surface area contributed by atoms with Crippen LogP contribution in [-0.4, -0.2) is 48.8 Å². The zero-order chi connectivity index (χ0) is 17.9. The molecule has 6 nitrogen and oxygen atoms in total. The molecule has 0 spiro atoms. The second-order valence-electron chi connectivity index (χ2n) is 6.74. The van der Waals surface area contributed by atoms with E-state index in [0.29, 0.717) is 6.42 Å². The van der Waals surface area contributed by atoms with E-state index in [-0.39, 0.29) is 12.7 Å². The number of aromatic nitrogens is 1. The third-order valence-corrected chi connectivity index (χ3v) is 4.89. The van der Waals surface area contributed by atoms with E-state index < -0.39 is 0 Å². The number of benzene rings is 1. The molecule has 0 N–H and O–H groups in total. The van der Waals surface area contributed by atoms with Gasteiger partial charge in [-0.1, -0.05) is 6.07 Å². The van der Waals surface area contributed by atoms with Gasteiger partial charge in [-0.15, -0.1) is 0 Å². The molecule has 0 radical (unpaired) electrons. The second-order valence-corrected chi connectivity index (χ2v) is 6.74. The van der Waals surface area contributed by atoms with Crippen LogP contribution < -0.4 is 14.4 Å². The summed E-state index contributed by atoms with van der Waals surface area (Å²) in [6.45, 7) is 5.59. The summed E-state index contributed by atoms with van der Waals surface area (Å²) in [7, 11) is 0. The van der Waals surface area contributed by atoms with Crippen molar-refractivity contribution in [3.05, 3.63) is 47.8 Å². The normalized spacial score (nSPS) is 16.5. The smallest absolute Gasteiger partial charge is 0.231 e. The van der Waals surface area contributed by atoms with Crippen LogP contribution in [0.1, 0.15) is 17.7 Å². The van der Waals surface area contributed by atoms with Crippen molar-refractivity contribution in [1.29, 1.82) is 0 Å². The lowest BCUT2D eigenvalue weighted by Gasteiger charge is -2.24. The summed E-state index contributed by atoms with van der Waals surface area (Å²) in [4.78, 5) is 21.3. The van der Waals surface area contributed by atoms with Crippen LogP contribution in [-0.2, 0) is 11.2 Å². The Morgan fingerprint density at radius 2 is 1.96 bits per heavy atom. The largest absolute Gasteiger partial charge is 0.454 e. The minimum absolute atomic E-state index is 0.164. The van der Waals surface area contributed by atoms with Crippen LogP contribution in [0, 0.1) is 6.92 Å². The number of hydrogen-bond acceptors (Lipinski definition) is 5. The van der Waals surface area contributed by atoms with E-state index in [2.05, 4.69) is 16.0 Å². The minimum atomic E-state index is 0.164. The van der Waals surface area contributed by atoms with E-state index in [1.54, 1.807) is 0 Å². The lowest BCUT2D eigenvalue weighted by Crippen LogP contribution is -2.36. The SMILES string of the molecule is Cc1cc(N2CCCN(C(=O)Cc3ccc4c(c3)OCO4)CC2)ccn1. The highest BCUT2D eigenvalue weighted by molar-refractivity contribution is 5.79. The number of carbonyl (C=O) groups is 1. The fourth-order valence-corrected chi connectivity index (χ4v) is 3.49. The van der Waals surface area contributed by atoms with Crippen molar-refractivity contribution in [2.75, 3.05) is 37.9 Å². The molecule has 0 atom stereocenters. The van der Waals surface area contributed by atoms with Crippen LogP contribution >= 0.6 is 0 Å². The lowest BCUT2D eigenvalue weighted by molar-refractivity contribution is -0.130. The number of rotatable bonds is 3. The fourth-order valence-electron chi connectivity index (χ4n) is 3.49. The van der Waals surface area contributed by atoms with Gasteiger partial charge < -0.3 is 19.3 Å². The Morgan fingerprint density at radius 1 is 1.08 bits per heavy atom. The Balaban J connectivity index is 1.38. The molecule has 4 rings (SSSR count). The molecule has 1 saturated heterocycles.